The number of nitrogens with zero attached hydrogens (tertiary/aromatic N) is 2. The van der Waals surface area contributed by atoms with Crippen molar-refractivity contribution in [1.29, 1.82) is 0 Å². The smallest absolute Gasteiger partial charge is 0.344 e. The quantitative estimate of drug-likeness (QED) is 0.713. The third-order valence-corrected chi connectivity index (χ3v) is 7.21. The highest BCUT2D eigenvalue weighted by Crippen LogP contribution is 2.34. The summed E-state index contributed by atoms with van der Waals surface area (Å²) in [6, 6.07) is 1.33. The lowest BCUT2D eigenvalue weighted by atomic mass is 9.95. The average Bonchev–Trinajstić information content (AvgIpc) is 2.65. The van der Waals surface area contributed by atoms with Gasteiger partial charge in [-0.05, 0) is 25.1 Å². The van der Waals surface area contributed by atoms with Gasteiger partial charge >= 0.3 is 6.18 Å². The molecular weight excluding hydrogens is 459 g/mol. The van der Waals surface area contributed by atoms with E-state index in [0.29, 0.717) is 12.1 Å². The number of carbonyl (C=O) groups excluding carboxylic acids is 2. The number of alkyl halides is 3. The minimum atomic E-state index is -4.71. The molecule has 1 heterocycles. The SMILES string of the molecule is CC(NC(=O)C(C)(C)C)C(=O)N1CCN(S(=O)(=O)c2cc(C(F)(F)F)ccc2Cl)CC1. The normalized spacial score (nSPS) is 17.4. The van der Waals surface area contributed by atoms with Crippen LogP contribution >= 0.6 is 11.6 Å². The maximum absolute atomic E-state index is 13.0. The highest BCUT2D eigenvalue weighted by molar-refractivity contribution is 7.89. The molecule has 12 heteroatoms. The Morgan fingerprint density at radius 1 is 1.10 bits per heavy atom. The molecule has 174 valence electrons. The Bertz CT molecular complexity index is 953. The molecule has 0 aromatic heterocycles. The van der Waals surface area contributed by atoms with Crippen LogP contribution in [0.5, 0.6) is 0 Å². The molecule has 1 saturated heterocycles. The number of carbonyl (C=O) groups is 2. The molecule has 0 aliphatic carbocycles. The first-order valence-corrected chi connectivity index (χ1v) is 11.3. The van der Waals surface area contributed by atoms with Crippen molar-refractivity contribution in [2.75, 3.05) is 26.2 Å². The molecule has 1 fully saturated rings. The molecule has 2 rings (SSSR count). The lowest BCUT2D eigenvalue weighted by Crippen LogP contribution is -2.55. The van der Waals surface area contributed by atoms with Crippen LogP contribution in [0.2, 0.25) is 5.02 Å². The molecule has 1 unspecified atom stereocenters. The topological polar surface area (TPSA) is 86.8 Å². The second kappa shape index (κ2) is 8.95. The van der Waals surface area contributed by atoms with Gasteiger partial charge in [0.2, 0.25) is 21.8 Å². The van der Waals surface area contributed by atoms with Crippen molar-refractivity contribution in [2.45, 2.75) is 44.8 Å². The van der Waals surface area contributed by atoms with Gasteiger partial charge in [-0.25, -0.2) is 8.42 Å². The van der Waals surface area contributed by atoms with Crippen LogP contribution in [0.3, 0.4) is 0 Å². The van der Waals surface area contributed by atoms with E-state index in [1.807, 2.05) is 0 Å². The van der Waals surface area contributed by atoms with Gasteiger partial charge < -0.3 is 10.2 Å². The Hall–Kier alpha value is -1.85. The van der Waals surface area contributed by atoms with Crippen LogP contribution in [0, 0.1) is 5.41 Å². The number of piperazine rings is 1. The molecule has 0 spiro atoms. The molecule has 1 aromatic carbocycles. The summed E-state index contributed by atoms with van der Waals surface area (Å²) in [4.78, 5) is 25.4. The summed E-state index contributed by atoms with van der Waals surface area (Å²) >= 11 is 5.88. The van der Waals surface area contributed by atoms with E-state index in [1.54, 1.807) is 20.8 Å². The first-order valence-electron chi connectivity index (χ1n) is 9.52. The van der Waals surface area contributed by atoms with Gasteiger partial charge in [0, 0.05) is 31.6 Å². The summed E-state index contributed by atoms with van der Waals surface area (Å²) in [6.07, 6.45) is -4.71. The van der Waals surface area contributed by atoms with Crippen molar-refractivity contribution in [3.05, 3.63) is 28.8 Å². The van der Waals surface area contributed by atoms with Crippen LogP contribution < -0.4 is 5.32 Å². The van der Waals surface area contributed by atoms with Crippen molar-refractivity contribution in [3.63, 3.8) is 0 Å². The molecule has 1 aliphatic heterocycles. The molecule has 31 heavy (non-hydrogen) atoms. The van der Waals surface area contributed by atoms with E-state index in [4.69, 9.17) is 11.6 Å². The van der Waals surface area contributed by atoms with Crippen LogP contribution in [-0.2, 0) is 25.8 Å². The van der Waals surface area contributed by atoms with Crippen molar-refractivity contribution in [2.24, 2.45) is 5.41 Å². The lowest BCUT2D eigenvalue weighted by Gasteiger charge is -2.35. The van der Waals surface area contributed by atoms with E-state index < -0.39 is 38.1 Å². The number of hydrogen-bond donors (Lipinski definition) is 1. The van der Waals surface area contributed by atoms with Crippen molar-refractivity contribution >= 4 is 33.4 Å². The second-order valence-electron chi connectivity index (χ2n) is 8.32. The van der Waals surface area contributed by atoms with Crippen LogP contribution in [0.1, 0.15) is 33.3 Å². The van der Waals surface area contributed by atoms with Crippen molar-refractivity contribution in [1.82, 2.24) is 14.5 Å². The summed E-state index contributed by atoms with van der Waals surface area (Å²) in [5.41, 5.74) is -1.79. The monoisotopic (exact) mass is 483 g/mol. The molecular formula is C19H25ClF3N3O4S. The summed E-state index contributed by atoms with van der Waals surface area (Å²) in [6.45, 7) is 6.51. The third kappa shape index (κ3) is 5.89. The van der Waals surface area contributed by atoms with Crippen molar-refractivity contribution < 1.29 is 31.2 Å². The Balaban J connectivity index is 2.10. The number of hydrogen-bond acceptors (Lipinski definition) is 4. The summed E-state index contributed by atoms with van der Waals surface area (Å²) in [5, 5.41) is 2.31. The summed E-state index contributed by atoms with van der Waals surface area (Å²) in [7, 11) is -4.29. The Morgan fingerprint density at radius 3 is 2.13 bits per heavy atom. The van der Waals surface area contributed by atoms with Crippen LogP contribution in [0.4, 0.5) is 13.2 Å². The largest absolute Gasteiger partial charge is 0.416 e. The third-order valence-electron chi connectivity index (χ3n) is 4.83. The first kappa shape index (κ1) is 25.4. The van der Waals surface area contributed by atoms with E-state index in [9.17, 15) is 31.2 Å². The minimum Gasteiger partial charge on any atom is -0.344 e. The summed E-state index contributed by atoms with van der Waals surface area (Å²) in [5.74, 6) is -0.666. The van der Waals surface area contributed by atoms with E-state index in [0.717, 1.165) is 10.4 Å². The van der Waals surface area contributed by atoms with E-state index in [2.05, 4.69) is 5.32 Å². The molecule has 2 amide bonds. The van der Waals surface area contributed by atoms with Crippen LogP contribution in [0.25, 0.3) is 0 Å². The lowest BCUT2D eigenvalue weighted by molar-refractivity contribution is -0.139. The zero-order valence-corrected chi connectivity index (χ0v) is 19.2. The predicted octanol–water partition coefficient (Wildman–Crippen LogP) is 2.74. The van der Waals surface area contributed by atoms with E-state index >= 15 is 0 Å². The Morgan fingerprint density at radius 2 is 1.65 bits per heavy atom. The minimum absolute atomic E-state index is 0.0321. The molecule has 0 saturated carbocycles. The van der Waals surface area contributed by atoms with Gasteiger partial charge in [-0.1, -0.05) is 32.4 Å². The van der Waals surface area contributed by atoms with E-state index in [-0.39, 0.29) is 43.0 Å². The molecule has 1 atom stereocenters. The van der Waals surface area contributed by atoms with Gasteiger partial charge in [-0.2, -0.15) is 17.5 Å². The van der Waals surface area contributed by atoms with Crippen LogP contribution in [-0.4, -0.2) is 61.7 Å². The van der Waals surface area contributed by atoms with Gasteiger partial charge in [0.15, 0.2) is 0 Å². The first-order chi connectivity index (χ1) is 14.0. The fourth-order valence-corrected chi connectivity index (χ4v) is 4.84. The number of halogens is 4. The predicted molar refractivity (Wildman–Crippen MR) is 109 cm³/mol. The van der Waals surface area contributed by atoms with Crippen LogP contribution in [0.15, 0.2) is 23.1 Å². The Kier molecular flexibility index (Phi) is 7.34. The van der Waals surface area contributed by atoms with Gasteiger partial charge in [-0.3, -0.25) is 9.59 Å². The van der Waals surface area contributed by atoms with Gasteiger partial charge in [0.25, 0.3) is 0 Å². The number of amides is 2. The highest BCUT2D eigenvalue weighted by atomic mass is 35.5. The maximum atomic E-state index is 13.0. The maximum Gasteiger partial charge on any atom is 0.416 e. The van der Waals surface area contributed by atoms with Gasteiger partial charge in [-0.15, -0.1) is 0 Å². The average molecular weight is 484 g/mol. The van der Waals surface area contributed by atoms with Gasteiger partial charge in [0.05, 0.1) is 10.6 Å². The molecule has 1 aromatic rings. The zero-order chi connectivity index (χ0) is 23.8. The molecule has 7 nitrogen and oxygen atoms in total. The molecule has 0 radical (unpaired) electrons. The fraction of sp³-hybridized carbons (Fsp3) is 0.579. The number of sulfonamides is 1. The van der Waals surface area contributed by atoms with Crippen molar-refractivity contribution in [3.8, 4) is 0 Å². The number of rotatable bonds is 4. The van der Waals surface area contributed by atoms with Gasteiger partial charge in [0.1, 0.15) is 10.9 Å². The number of nitrogens with one attached hydrogen (secondary N) is 1. The second-order valence-corrected chi connectivity index (χ2v) is 10.6. The fourth-order valence-electron chi connectivity index (χ4n) is 2.91. The molecule has 1 N–H and O–H groups in total. The molecule has 0 bridgehead atoms. The summed E-state index contributed by atoms with van der Waals surface area (Å²) < 4.78 is 65.7. The van der Waals surface area contributed by atoms with E-state index in [1.165, 1.54) is 11.8 Å². The zero-order valence-electron chi connectivity index (χ0n) is 17.6. The standard InChI is InChI=1S/C19H25ClF3N3O4S/c1-12(24-17(28)18(2,3)4)16(27)25-7-9-26(10-8-25)31(29,30)15-11-13(19(21,22)23)5-6-14(15)20/h5-6,11-12H,7-10H2,1-4H3,(H,24,28). The molecule has 1 aliphatic rings. The Labute approximate surface area is 184 Å². The highest BCUT2D eigenvalue weighted by Gasteiger charge is 2.36. The number of benzene rings is 1.